The number of nitrogens with zero attached hydrogens (tertiary/aromatic N) is 1. The lowest BCUT2D eigenvalue weighted by molar-refractivity contribution is -0.143. The maximum atomic E-state index is 13.2. The van der Waals surface area contributed by atoms with Crippen LogP contribution in [0.2, 0.25) is 0 Å². The number of alkyl carbamates (subject to hydrolysis) is 1. The molecule has 0 bridgehead atoms. The normalized spacial score (nSPS) is 20.7. The SMILES string of the molecule is O=C(O)CCN(CC1CC1)C(=O)[C@H]1OCC[C@H]1NC(=O)OCC1c2ccccc2-c2ccccc21. The standard InChI is InChI=1S/C27H30N2O6/c30-24(31)11-13-29(15-17-9-10-17)26(32)25-23(12-14-34-25)28-27(33)35-16-22-20-7-3-1-5-18(20)19-6-2-4-8-21(19)22/h1-8,17,22-23,25H,9-16H2,(H,28,33)(H,30,31)/t23-,25+/m1/s1. The molecule has 0 unspecified atom stereocenters. The van der Waals surface area contributed by atoms with Crippen molar-refractivity contribution >= 4 is 18.0 Å². The average Bonchev–Trinajstić information content (AvgIpc) is 3.47. The van der Waals surface area contributed by atoms with Gasteiger partial charge in [0.1, 0.15) is 6.61 Å². The van der Waals surface area contributed by atoms with E-state index in [4.69, 9.17) is 14.6 Å². The Kier molecular flexibility index (Phi) is 6.72. The van der Waals surface area contributed by atoms with Gasteiger partial charge in [-0.15, -0.1) is 0 Å². The summed E-state index contributed by atoms with van der Waals surface area (Å²) in [4.78, 5) is 38.5. The second kappa shape index (κ2) is 10.1. The topological polar surface area (TPSA) is 105 Å². The predicted molar refractivity (Wildman–Crippen MR) is 128 cm³/mol. The zero-order chi connectivity index (χ0) is 24.4. The van der Waals surface area contributed by atoms with Gasteiger partial charge in [0, 0.05) is 25.6 Å². The number of carbonyl (C=O) groups is 3. The van der Waals surface area contributed by atoms with E-state index in [0.717, 1.165) is 35.1 Å². The summed E-state index contributed by atoms with van der Waals surface area (Å²) in [5.74, 6) is -0.836. The highest BCUT2D eigenvalue weighted by molar-refractivity contribution is 5.83. The van der Waals surface area contributed by atoms with E-state index in [1.165, 1.54) is 0 Å². The Hall–Kier alpha value is -3.39. The van der Waals surface area contributed by atoms with Crippen molar-refractivity contribution < 1.29 is 29.0 Å². The van der Waals surface area contributed by atoms with Gasteiger partial charge < -0.3 is 24.8 Å². The molecule has 2 aliphatic carbocycles. The number of rotatable bonds is 9. The van der Waals surface area contributed by atoms with Crippen molar-refractivity contribution in [2.75, 3.05) is 26.3 Å². The van der Waals surface area contributed by atoms with E-state index in [0.29, 0.717) is 25.5 Å². The second-order valence-electron chi connectivity index (χ2n) is 9.53. The van der Waals surface area contributed by atoms with Crippen LogP contribution in [-0.4, -0.2) is 66.4 Å². The van der Waals surface area contributed by atoms with E-state index in [-0.39, 0.29) is 31.4 Å². The van der Waals surface area contributed by atoms with Crippen LogP contribution in [-0.2, 0) is 19.1 Å². The minimum atomic E-state index is -0.945. The van der Waals surface area contributed by atoms with E-state index >= 15 is 0 Å². The summed E-state index contributed by atoms with van der Waals surface area (Å²) >= 11 is 0. The molecule has 0 spiro atoms. The molecule has 1 aliphatic heterocycles. The largest absolute Gasteiger partial charge is 0.481 e. The molecule has 3 aliphatic rings. The molecule has 1 saturated carbocycles. The first-order valence-electron chi connectivity index (χ1n) is 12.2. The average molecular weight is 479 g/mol. The van der Waals surface area contributed by atoms with Crippen LogP contribution in [0.3, 0.4) is 0 Å². The summed E-state index contributed by atoms with van der Waals surface area (Å²) < 4.78 is 11.3. The van der Waals surface area contributed by atoms with Crippen LogP contribution in [0.1, 0.15) is 42.7 Å². The van der Waals surface area contributed by atoms with Gasteiger partial charge in [0.15, 0.2) is 6.10 Å². The molecule has 2 atom stereocenters. The third kappa shape index (κ3) is 5.17. The molecule has 2 aromatic rings. The van der Waals surface area contributed by atoms with E-state index in [2.05, 4.69) is 29.6 Å². The molecular weight excluding hydrogens is 448 g/mol. The molecular formula is C27H30N2O6. The monoisotopic (exact) mass is 478 g/mol. The lowest BCUT2D eigenvalue weighted by Crippen LogP contribution is -2.50. The van der Waals surface area contributed by atoms with Gasteiger partial charge in [-0.3, -0.25) is 9.59 Å². The number of nitrogens with one attached hydrogen (secondary N) is 1. The summed E-state index contributed by atoms with van der Waals surface area (Å²) in [6, 6.07) is 15.8. The quantitative estimate of drug-likeness (QED) is 0.572. The molecule has 1 heterocycles. The summed E-state index contributed by atoms with van der Waals surface area (Å²) in [6.45, 7) is 1.21. The Morgan fingerprint density at radius 1 is 1.00 bits per heavy atom. The zero-order valence-corrected chi connectivity index (χ0v) is 19.5. The molecule has 184 valence electrons. The molecule has 0 aromatic heterocycles. The first-order valence-corrected chi connectivity index (χ1v) is 12.2. The van der Waals surface area contributed by atoms with Crippen molar-refractivity contribution in [1.82, 2.24) is 10.2 Å². The number of aliphatic carboxylic acids is 1. The van der Waals surface area contributed by atoms with Crippen molar-refractivity contribution in [2.45, 2.75) is 43.7 Å². The number of fused-ring (bicyclic) bond motifs is 3. The van der Waals surface area contributed by atoms with Crippen LogP contribution in [0.5, 0.6) is 0 Å². The van der Waals surface area contributed by atoms with Crippen molar-refractivity contribution in [3.05, 3.63) is 59.7 Å². The summed E-state index contributed by atoms with van der Waals surface area (Å²) in [5, 5.41) is 11.9. The second-order valence-corrected chi connectivity index (χ2v) is 9.53. The first kappa shape index (κ1) is 23.4. The number of hydrogen-bond acceptors (Lipinski definition) is 5. The molecule has 35 heavy (non-hydrogen) atoms. The van der Waals surface area contributed by atoms with Gasteiger partial charge in [-0.05, 0) is 47.4 Å². The number of carboxylic acids is 1. The fraction of sp³-hybridized carbons (Fsp3) is 0.444. The lowest BCUT2D eigenvalue weighted by atomic mass is 9.98. The highest BCUT2D eigenvalue weighted by Crippen LogP contribution is 2.44. The predicted octanol–water partition coefficient (Wildman–Crippen LogP) is 3.40. The van der Waals surface area contributed by atoms with Crippen LogP contribution in [0.4, 0.5) is 4.79 Å². The highest BCUT2D eigenvalue weighted by Gasteiger charge is 2.40. The maximum absolute atomic E-state index is 13.2. The first-order chi connectivity index (χ1) is 17.0. The number of amides is 2. The number of carbonyl (C=O) groups excluding carboxylic acids is 2. The van der Waals surface area contributed by atoms with Gasteiger partial charge in [0.2, 0.25) is 0 Å². The van der Waals surface area contributed by atoms with Gasteiger partial charge in [-0.1, -0.05) is 48.5 Å². The van der Waals surface area contributed by atoms with Gasteiger partial charge >= 0.3 is 12.1 Å². The van der Waals surface area contributed by atoms with Gasteiger partial charge in [0.05, 0.1) is 12.5 Å². The van der Waals surface area contributed by atoms with Crippen LogP contribution in [0.15, 0.2) is 48.5 Å². The van der Waals surface area contributed by atoms with Gasteiger partial charge in [-0.25, -0.2) is 4.79 Å². The molecule has 2 N–H and O–H groups in total. The van der Waals surface area contributed by atoms with E-state index in [1.807, 2.05) is 24.3 Å². The third-order valence-corrected chi connectivity index (χ3v) is 7.06. The van der Waals surface area contributed by atoms with E-state index < -0.39 is 24.2 Å². The van der Waals surface area contributed by atoms with Crippen LogP contribution in [0.25, 0.3) is 11.1 Å². The Labute approximate surface area is 204 Å². The minimum absolute atomic E-state index is 0.0459. The Balaban J connectivity index is 1.20. The Morgan fingerprint density at radius 3 is 2.29 bits per heavy atom. The number of carboxylic acid groups (broad SMARTS) is 1. The lowest BCUT2D eigenvalue weighted by Gasteiger charge is -2.27. The molecule has 8 heteroatoms. The summed E-state index contributed by atoms with van der Waals surface area (Å²) in [5.41, 5.74) is 4.58. The maximum Gasteiger partial charge on any atom is 0.407 e. The molecule has 5 rings (SSSR count). The van der Waals surface area contributed by atoms with Gasteiger partial charge in [0.25, 0.3) is 5.91 Å². The molecule has 8 nitrogen and oxygen atoms in total. The van der Waals surface area contributed by atoms with Crippen LogP contribution < -0.4 is 5.32 Å². The molecule has 0 radical (unpaired) electrons. The minimum Gasteiger partial charge on any atom is -0.481 e. The fourth-order valence-corrected chi connectivity index (χ4v) is 5.09. The zero-order valence-electron chi connectivity index (χ0n) is 19.5. The van der Waals surface area contributed by atoms with E-state index in [9.17, 15) is 14.4 Å². The fourth-order valence-electron chi connectivity index (χ4n) is 5.09. The number of ether oxygens (including phenoxy) is 2. The molecule has 2 fully saturated rings. The number of hydrogen-bond donors (Lipinski definition) is 2. The molecule has 1 saturated heterocycles. The van der Waals surface area contributed by atoms with Crippen LogP contribution in [0, 0.1) is 5.92 Å². The summed E-state index contributed by atoms with van der Waals surface area (Å²) in [7, 11) is 0. The smallest absolute Gasteiger partial charge is 0.407 e. The molecule has 2 amide bonds. The Morgan fingerprint density at radius 2 is 1.66 bits per heavy atom. The summed E-state index contributed by atoms with van der Waals surface area (Å²) in [6.07, 6.45) is 1.06. The van der Waals surface area contributed by atoms with Crippen LogP contribution >= 0.6 is 0 Å². The van der Waals surface area contributed by atoms with Crippen molar-refractivity contribution in [2.24, 2.45) is 5.92 Å². The molecule has 2 aromatic carbocycles. The van der Waals surface area contributed by atoms with Gasteiger partial charge in [-0.2, -0.15) is 0 Å². The Bertz CT molecular complexity index is 1070. The van der Waals surface area contributed by atoms with Crippen molar-refractivity contribution in [3.63, 3.8) is 0 Å². The van der Waals surface area contributed by atoms with Crippen molar-refractivity contribution in [1.29, 1.82) is 0 Å². The van der Waals surface area contributed by atoms with Crippen molar-refractivity contribution in [3.8, 4) is 11.1 Å². The highest BCUT2D eigenvalue weighted by atomic mass is 16.6. The number of benzene rings is 2. The van der Waals surface area contributed by atoms with E-state index in [1.54, 1.807) is 4.90 Å². The third-order valence-electron chi connectivity index (χ3n) is 7.06.